The number of rotatable bonds is 2. The van der Waals surface area contributed by atoms with Crippen LogP contribution in [0.4, 0.5) is 4.39 Å². The fourth-order valence-electron chi connectivity index (χ4n) is 1.57. The van der Waals surface area contributed by atoms with Crippen LogP contribution in [0.2, 0.25) is 5.02 Å². The summed E-state index contributed by atoms with van der Waals surface area (Å²) in [5, 5.41) is 0.182. The van der Waals surface area contributed by atoms with Gasteiger partial charge in [-0.25, -0.2) is 4.39 Å². The van der Waals surface area contributed by atoms with E-state index < -0.39 is 17.6 Å². The van der Waals surface area contributed by atoms with E-state index in [9.17, 15) is 14.0 Å². The quantitative estimate of drug-likeness (QED) is 0.796. The van der Waals surface area contributed by atoms with E-state index in [1.807, 2.05) is 0 Å². The lowest BCUT2D eigenvalue weighted by molar-refractivity contribution is 0.0844. The average Bonchev–Trinajstić information content (AvgIpc) is 2.45. The Morgan fingerprint density at radius 1 is 1.00 bits per heavy atom. The maximum Gasteiger partial charge on any atom is 0.272 e. The van der Waals surface area contributed by atoms with Gasteiger partial charge in [0.05, 0.1) is 11.1 Å². The Kier molecular flexibility index (Phi) is 4.93. The first-order valence-electron chi connectivity index (χ1n) is 5.79. The van der Waals surface area contributed by atoms with E-state index in [0.717, 1.165) is 6.07 Å². The molecule has 2 aromatic rings. The molecule has 21 heavy (non-hydrogen) atoms. The van der Waals surface area contributed by atoms with E-state index in [4.69, 9.17) is 11.6 Å². The number of carbonyl (C=O) groups is 2. The van der Waals surface area contributed by atoms with Gasteiger partial charge in [-0.15, -0.1) is 0 Å². The van der Waals surface area contributed by atoms with E-state index in [-0.39, 0.29) is 10.6 Å². The highest BCUT2D eigenvalue weighted by molar-refractivity contribution is 9.10. The predicted molar refractivity (Wildman–Crippen MR) is 80.5 cm³/mol. The van der Waals surface area contributed by atoms with Crippen LogP contribution in [0.5, 0.6) is 0 Å². The maximum atomic E-state index is 13.5. The molecule has 0 radical (unpaired) electrons. The molecule has 0 fully saturated rings. The van der Waals surface area contributed by atoms with Crippen LogP contribution >= 0.6 is 27.5 Å². The summed E-state index contributed by atoms with van der Waals surface area (Å²) in [7, 11) is 0. The topological polar surface area (TPSA) is 58.2 Å². The van der Waals surface area contributed by atoms with Crippen LogP contribution < -0.4 is 10.9 Å². The minimum atomic E-state index is -0.774. The molecule has 2 N–H and O–H groups in total. The van der Waals surface area contributed by atoms with Crippen molar-refractivity contribution in [3.8, 4) is 0 Å². The summed E-state index contributed by atoms with van der Waals surface area (Å²) in [6.07, 6.45) is 0. The molecule has 0 aliphatic rings. The molecule has 0 aliphatic carbocycles. The van der Waals surface area contributed by atoms with Gasteiger partial charge in [0.1, 0.15) is 5.82 Å². The number of nitrogens with one attached hydrogen (secondary N) is 2. The zero-order valence-electron chi connectivity index (χ0n) is 10.5. The van der Waals surface area contributed by atoms with Crippen LogP contribution in [0.3, 0.4) is 0 Å². The van der Waals surface area contributed by atoms with Crippen LogP contribution in [-0.4, -0.2) is 11.8 Å². The van der Waals surface area contributed by atoms with Gasteiger partial charge < -0.3 is 0 Å². The molecule has 0 atom stereocenters. The van der Waals surface area contributed by atoms with Crippen molar-refractivity contribution < 1.29 is 14.0 Å². The van der Waals surface area contributed by atoms with Crippen LogP contribution in [-0.2, 0) is 0 Å². The van der Waals surface area contributed by atoms with Crippen molar-refractivity contribution in [2.45, 2.75) is 0 Å². The summed E-state index contributed by atoms with van der Waals surface area (Å²) < 4.78 is 14.1. The first kappa shape index (κ1) is 15.5. The SMILES string of the molecule is O=C(NNC(=O)c1ccccc1Br)c1ccc(Cl)cc1F. The standard InChI is InChI=1S/C14H9BrClFN2O2/c15-11-4-2-1-3-9(11)13(20)18-19-14(21)10-6-5-8(16)7-12(10)17/h1-7H,(H,18,20)(H,19,21). The monoisotopic (exact) mass is 370 g/mol. The zero-order valence-corrected chi connectivity index (χ0v) is 12.8. The third-order valence-electron chi connectivity index (χ3n) is 2.58. The molecular weight excluding hydrogens is 363 g/mol. The third kappa shape index (κ3) is 3.80. The first-order chi connectivity index (χ1) is 9.99. The largest absolute Gasteiger partial charge is 0.272 e. The number of hydrogen-bond acceptors (Lipinski definition) is 2. The number of halogens is 3. The predicted octanol–water partition coefficient (Wildman–Crippen LogP) is 3.32. The molecule has 0 spiro atoms. The van der Waals surface area contributed by atoms with Crippen LogP contribution in [0.25, 0.3) is 0 Å². The van der Waals surface area contributed by atoms with Crippen molar-refractivity contribution >= 4 is 39.3 Å². The Hall–Kier alpha value is -1.92. The number of hydrazine groups is 1. The highest BCUT2D eigenvalue weighted by atomic mass is 79.9. The van der Waals surface area contributed by atoms with Gasteiger partial charge in [0, 0.05) is 9.50 Å². The normalized spacial score (nSPS) is 10.0. The van der Waals surface area contributed by atoms with E-state index in [0.29, 0.717) is 10.0 Å². The average molecular weight is 372 g/mol. The Morgan fingerprint density at radius 2 is 1.62 bits per heavy atom. The van der Waals surface area contributed by atoms with E-state index in [1.54, 1.807) is 24.3 Å². The summed E-state index contributed by atoms with van der Waals surface area (Å²) in [6, 6.07) is 10.3. The van der Waals surface area contributed by atoms with Crippen LogP contribution in [0.15, 0.2) is 46.9 Å². The van der Waals surface area contributed by atoms with Gasteiger partial charge in [-0.05, 0) is 46.3 Å². The molecule has 0 unspecified atom stereocenters. The lowest BCUT2D eigenvalue weighted by atomic mass is 10.2. The summed E-state index contributed by atoms with van der Waals surface area (Å²) in [6.45, 7) is 0. The van der Waals surface area contributed by atoms with Gasteiger partial charge in [-0.2, -0.15) is 0 Å². The molecule has 0 saturated carbocycles. The molecule has 2 amide bonds. The summed E-state index contributed by atoms with van der Waals surface area (Å²) in [4.78, 5) is 23.6. The van der Waals surface area contributed by atoms with E-state index in [1.165, 1.54) is 12.1 Å². The minimum absolute atomic E-state index is 0.182. The molecule has 0 saturated heterocycles. The molecule has 4 nitrogen and oxygen atoms in total. The Bertz CT molecular complexity index is 709. The van der Waals surface area contributed by atoms with E-state index in [2.05, 4.69) is 26.8 Å². The smallest absolute Gasteiger partial charge is 0.267 e. The second-order valence-corrected chi connectivity index (χ2v) is 5.30. The Balaban J connectivity index is 2.04. The van der Waals surface area contributed by atoms with Crippen molar-refractivity contribution in [2.75, 3.05) is 0 Å². The fraction of sp³-hybridized carbons (Fsp3) is 0. The fourth-order valence-corrected chi connectivity index (χ4v) is 2.19. The zero-order chi connectivity index (χ0) is 15.4. The second-order valence-electron chi connectivity index (χ2n) is 4.01. The number of benzene rings is 2. The lowest BCUT2D eigenvalue weighted by Crippen LogP contribution is -2.42. The van der Waals surface area contributed by atoms with Crippen molar-refractivity contribution in [3.63, 3.8) is 0 Å². The summed E-state index contributed by atoms with van der Waals surface area (Å²) >= 11 is 8.82. The summed E-state index contributed by atoms with van der Waals surface area (Å²) in [5.41, 5.74) is 4.48. The number of amides is 2. The molecule has 7 heteroatoms. The molecule has 108 valence electrons. The van der Waals surface area contributed by atoms with Crippen molar-refractivity contribution in [3.05, 3.63) is 68.9 Å². The second kappa shape index (κ2) is 6.69. The first-order valence-corrected chi connectivity index (χ1v) is 6.96. The molecule has 2 rings (SSSR count). The summed E-state index contributed by atoms with van der Waals surface area (Å²) in [5.74, 6) is -2.06. The van der Waals surface area contributed by atoms with Crippen molar-refractivity contribution in [2.24, 2.45) is 0 Å². The van der Waals surface area contributed by atoms with Gasteiger partial charge in [-0.1, -0.05) is 23.7 Å². The highest BCUT2D eigenvalue weighted by Crippen LogP contribution is 2.16. The molecule has 2 aromatic carbocycles. The highest BCUT2D eigenvalue weighted by Gasteiger charge is 2.14. The van der Waals surface area contributed by atoms with Gasteiger partial charge in [0.15, 0.2) is 0 Å². The Morgan fingerprint density at radius 3 is 2.24 bits per heavy atom. The molecule has 0 heterocycles. The van der Waals surface area contributed by atoms with Gasteiger partial charge in [0.2, 0.25) is 0 Å². The molecule has 0 aliphatic heterocycles. The minimum Gasteiger partial charge on any atom is -0.267 e. The molecular formula is C14H9BrClFN2O2. The van der Waals surface area contributed by atoms with Gasteiger partial charge in [0.25, 0.3) is 11.8 Å². The van der Waals surface area contributed by atoms with Gasteiger partial charge >= 0.3 is 0 Å². The van der Waals surface area contributed by atoms with Crippen molar-refractivity contribution in [1.29, 1.82) is 0 Å². The van der Waals surface area contributed by atoms with Crippen LogP contribution in [0, 0.1) is 5.82 Å². The Labute approximate surface area is 133 Å². The molecule has 0 aromatic heterocycles. The van der Waals surface area contributed by atoms with Crippen molar-refractivity contribution in [1.82, 2.24) is 10.9 Å². The van der Waals surface area contributed by atoms with Gasteiger partial charge in [-0.3, -0.25) is 20.4 Å². The maximum absolute atomic E-state index is 13.5. The number of carbonyl (C=O) groups excluding carboxylic acids is 2. The van der Waals surface area contributed by atoms with E-state index >= 15 is 0 Å². The number of hydrogen-bond donors (Lipinski definition) is 2. The van der Waals surface area contributed by atoms with Crippen LogP contribution in [0.1, 0.15) is 20.7 Å². The lowest BCUT2D eigenvalue weighted by Gasteiger charge is -2.09. The molecule has 0 bridgehead atoms. The third-order valence-corrected chi connectivity index (χ3v) is 3.51.